The lowest BCUT2D eigenvalue weighted by atomic mass is 10.1. The van der Waals surface area contributed by atoms with E-state index < -0.39 is 0 Å². The molecule has 0 aliphatic carbocycles. The SMILES string of the molecule is CC(CNC(=O)[C@H]1NCCO[C@@H]1C)N1CCc2sccc2C1. The van der Waals surface area contributed by atoms with Crippen molar-refractivity contribution in [1.29, 1.82) is 0 Å². The van der Waals surface area contributed by atoms with Gasteiger partial charge in [-0.1, -0.05) is 0 Å². The van der Waals surface area contributed by atoms with Crippen molar-refractivity contribution in [3.05, 3.63) is 21.9 Å². The smallest absolute Gasteiger partial charge is 0.239 e. The number of nitrogens with zero attached hydrogens (tertiary/aromatic N) is 1. The van der Waals surface area contributed by atoms with Crippen molar-refractivity contribution >= 4 is 17.2 Å². The molecule has 2 aliphatic heterocycles. The molecule has 1 amide bonds. The number of hydrogen-bond acceptors (Lipinski definition) is 5. The second kappa shape index (κ2) is 7.08. The minimum Gasteiger partial charge on any atom is -0.375 e. The van der Waals surface area contributed by atoms with Crippen LogP contribution in [0.2, 0.25) is 0 Å². The Balaban J connectivity index is 1.48. The summed E-state index contributed by atoms with van der Waals surface area (Å²) in [5, 5.41) is 8.49. The Morgan fingerprint density at radius 3 is 3.32 bits per heavy atom. The number of morpholine rings is 1. The number of fused-ring (bicyclic) bond motifs is 1. The van der Waals surface area contributed by atoms with E-state index in [0.29, 0.717) is 19.2 Å². The van der Waals surface area contributed by atoms with Gasteiger partial charge in [-0.25, -0.2) is 0 Å². The fraction of sp³-hybridized carbons (Fsp3) is 0.688. The fourth-order valence-electron chi connectivity index (χ4n) is 3.16. The summed E-state index contributed by atoms with van der Waals surface area (Å²) >= 11 is 1.86. The number of hydrogen-bond donors (Lipinski definition) is 2. The number of thiophene rings is 1. The fourth-order valence-corrected chi connectivity index (χ4v) is 4.05. The first kappa shape index (κ1) is 15.9. The lowest BCUT2D eigenvalue weighted by Crippen LogP contribution is -2.56. The van der Waals surface area contributed by atoms with Gasteiger partial charge in [-0.15, -0.1) is 11.3 Å². The number of nitrogens with one attached hydrogen (secondary N) is 2. The highest BCUT2D eigenvalue weighted by atomic mass is 32.1. The molecule has 0 spiro atoms. The van der Waals surface area contributed by atoms with E-state index >= 15 is 0 Å². The molecule has 5 nitrogen and oxygen atoms in total. The third-order valence-corrected chi connectivity index (χ3v) is 5.65. The van der Waals surface area contributed by atoms with Gasteiger partial charge in [0.2, 0.25) is 5.91 Å². The zero-order chi connectivity index (χ0) is 15.5. The first-order valence-corrected chi connectivity index (χ1v) is 8.95. The summed E-state index contributed by atoms with van der Waals surface area (Å²) in [6.07, 6.45) is 1.06. The summed E-state index contributed by atoms with van der Waals surface area (Å²) < 4.78 is 5.53. The minimum atomic E-state index is -0.231. The minimum absolute atomic E-state index is 0.0484. The third kappa shape index (κ3) is 3.51. The summed E-state index contributed by atoms with van der Waals surface area (Å²) in [5.74, 6) is 0.0484. The third-order valence-electron chi connectivity index (χ3n) is 4.63. The molecular weight excluding hydrogens is 298 g/mol. The summed E-state index contributed by atoms with van der Waals surface area (Å²) in [5.41, 5.74) is 1.45. The van der Waals surface area contributed by atoms with E-state index in [1.807, 2.05) is 18.3 Å². The monoisotopic (exact) mass is 323 g/mol. The molecule has 0 aromatic carbocycles. The second-order valence-electron chi connectivity index (χ2n) is 6.19. The molecule has 3 rings (SSSR count). The second-order valence-corrected chi connectivity index (χ2v) is 7.19. The molecular formula is C16H25N3O2S. The molecule has 2 N–H and O–H groups in total. The maximum absolute atomic E-state index is 12.3. The molecule has 0 saturated carbocycles. The van der Waals surface area contributed by atoms with Crippen LogP contribution in [0.3, 0.4) is 0 Å². The van der Waals surface area contributed by atoms with Gasteiger partial charge in [0.05, 0.1) is 12.7 Å². The van der Waals surface area contributed by atoms with Gasteiger partial charge in [-0.05, 0) is 37.3 Å². The normalized spacial score (nSPS) is 27.2. The Morgan fingerprint density at radius 1 is 1.64 bits per heavy atom. The Morgan fingerprint density at radius 2 is 2.50 bits per heavy atom. The van der Waals surface area contributed by atoms with Gasteiger partial charge < -0.3 is 15.4 Å². The first-order chi connectivity index (χ1) is 10.6. The summed E-state index contributed by atoms with van der Waals surface area (Å²) in [7, 11) is 0. The highest BCUT2D eigenvalue weighted by Crippen LogP contribution is 2.24. The van der Waals surface area contributed by atoms with Crippen LogP contribution in [-0.4, -0.2) is 55.2 Å². The summed E-state index contributed by atoms with van der Waals surface area (Å²) in [4.78, 5) is 16.2. The van der Waals surface area contributed by atoms with E-state index in [9.17, 15) is 4.79 Å². The zero-order valence-corrected chi connectivity index (χ0v) is 14.1. The van der Waals surface area contributed by atoms with Crippen LogP contribution in [0.4, 0.5) is 0 Å². The average molecular weight is 323 g/mol. The van der Waals surface area contributed by atoms with E-state index in [1.165, 1.54) is 10.4 Å². The van der Waals surface area contributed by atoms with E-state index in [0.717, 1.165) is 26.1 Å². The van der Waals surface area contributed by atoms with E-state index in [1.54, 1.807) is 0 Å². The van der Waals surface area contributed by atoms with Crippen molar-refractivity contribution in [3.8, 4) is 0 Å². The van der Waals surface area contributed by atoms with Crippen LogP contribution in [-0.2, 0) is 22.5 Å². The average Bonchev–Trinajstić information content (AvgIpc) is 3.00. The maximum Gasteiger partial charge on any atom is 0.239 e. The predicted molar refractivity (Wildman–Crippen MR) is 88.1 cm³/mol. The predicted octanol–water partition coefficient (Wildman–Crippen LogP) is 0.988. The highest BCUT2D eigenvalue weighted by Gasteiger charge is 2.29. The van der Waals surface area contributed by atoms with Crippen LogP contribution in [0.5, 0.6) is 0 Å². The van der Waals surface area contributed by atoms with E-state index in [-0.39, 0.29) is 18.1 Å². The molecule has 1 aromatic rings. The van der Waals surface area contributed by atoms with Gasteiger partial charge in [-0.3, -0.25) is 9.69 Å². The number of carbonyl (C=O) groups is 1. The molecule has 3 atom stereocenters. The molecule has 1 unspecified atom stereocenters. The number of rotatable bonds is 4. The van der Waals surface area contributed by atoms with Gasteiger partial charge in [0.25, 0.3) is 0 Å². The maximum atomic E-state index is 12.3. The molecule has 3 heterocycles. The van der Waals surface area contributed by atoms with Crippen LogP contribution >= 0.6 is 11.3 Å². The van der Waals surface area contributed by atoms with Gasteiger partial charge in [0, 0.05) is 37.1 Å². The summed E-state index contributed by atoms with van der Waals surface area (Å²) in [6, 6.07) is 2.34. The van der Waals surface area contributed by atoms with Crippen LogP contribution in [0.1, 0.15) is 24.3 Å². The molecule has 122 valence electrons. The molecule has 1 aromatic heterocycles. The lowest BCUT2D eigenvalue weighted by molar-refractivity contribution is -0.129. The van der Waals surface area contributed by atoms with Crippen LogP contribution in [0.25, 0.3) is 0 Å². The highest BCUT2D eigenvalue weighted by molar-refractivity contribution is 7.10. The number of amides is 1. The van der Waals surface area contributed by atoms with Crippen molar-refractivity contribution in [2.24, 2.45) is 0 Å². The van der Waals surface area contributed by atoms with E-state index in [4.69, 9.17) is 4.74 Å². The van der Waals surface area contributed by atoms with E-state index in [2.05, 4.69) is 33.9 Å². The number of carbonyl (C=O) groups excluding carboxylic acids is 1. The molecule has 22 heavy (non-hydrogen) atoms. The largest absolute Gasteiger partial charge is 0.375 e. The Hall–Kier alpha value is -0.950. The summed E-state index contributed by atoms with van der Waals surface area (Å²) in [6.45, 7) is 8.31. The standard InChI is InChI=1S/C16H25N3O2S/c1-11(19-6-3-14-13(10-19)4-8-22-14)9-18-16(20)15-12(2)21-7-5-17-15/h4,8,11-12,15,17H,3,5-7,9-10H2,1-2H3,(H,18,20)/t11?,12-,15+/m1/s1. The lowest BCUT2D eigenvalue weighted by Gasteiger charge is -2.34. The van der Waals surface area contributed by atoms with Crippen LogP contribution in [0, 0.1) is 0 Å². The molecule has 1 saturated heterocycles. The molecule has 0 radical (unpaired) electrons. The topological polar surface area (TPSA) is 53.6 Å². The van der Waals surface area contributed by atoms with Gasteiger partial charge in [0.15, 0.2) is 0 Å². The van der Waals surface area contributed by atoms with Crippen LogP contribution in [0.15, 0.2) is 11.4 Å². The van der Waals surface area contributed by atoms with Crippen molar-refractivity contribution in [3.63, 3.8) is 0 Å². The molecule has 6 heteroatoms. The molecule has 0 bridgehead atoms. The van der Waals surface area contributed by atoms with Gasteiger partial charge in [-0.2, -0.15) is 0 Å². The Labute approximate surface area is 136 Å². The molecule has 1 fully saturated rings. The zero-order valence-electron chi connectivity index (χ0n) is 13.3. The number of ether oxygens (including phenoxy) is 1. The van der Waals surface area contributed by atoms with Crippen molar-refractivity contribution < 1.29 is 9.53 Å². The Kier molecular flexibility index (Phi) is 5.13. The van der Waals surface area contributed by atoms with Crippen molar-refractivity contribution in [1.82, 2.24) is 15.5 Å². The molecule has 2 aliphatic rings. The Bertz CT molecular complexity index is 519. The quantitative estimate of drug-likeness (QED) is 0.868. The van der Waals surface area contributed by atoms with Crippen molar-refractivity contribution in [2.75, 3.05) is 26.2 Å². The van der Waals surface area contributed by atoms with Crippen molar-refractivity contribution in [2.45, 2.75) is 45.0 Å². The van der Waals surface area contributed by atoms with Gasteiger partial charge in [0.1, 0.15) is 6.04 Å². The van der Waals surface area contributed by atoms with Crippen LogP contribution < -0.4 is 10.6 Å². The van der Waals surface area contributed by atoms with Gasteiger partial charge >= 0.3 is 0 Å². The first-order valence-electron chi connectivity index (χ1n) is 8.07.